The van der Waals surface area contributed by atoms with Gasteiger partial charge in [0.1, 0.15) is 5.52 Å². The summed E-state index contributed by atoms with van der Waals surface area (Å²) in [7, 11) is 1.82. The van der Waals surface area contributed by atoms with Crippen LogP contribution in [0.1, 0.15) is 51.1 Å². The van der Waals surface area contributed by atoms with E-state index in [1.807, 2.05) is 32.9 Å². The lowest BCUT2D eigenvalue weighted by molar-refractivity contribution is -0.137. The first-order valence-corrected chi connectivity index (χ1v) is 13.3. The minimum Gasteiger partial charge on any atom is -0.330 e. The van der Waals surface area contributed by atoms with Gasteiger partial charge < -0.3 is 9.47 Å². The van der Waals surface area contributed by atoms with Crippen molar-refractivity contribution in [2.75, 3.05) is 0 Å². The van der Waals surface area contributed by atoms with Gasteiger partial charge >= 0.3 is 6.18 Å². The predicted molar refractivity (Wildman–Crippen MR) is 151 cm³/mol. The standard InChI is InChI=1S/C30H25F3N8O2/c1-6-19-7-8-20(11-23(19)30(31,32)33)27(42)39-14-25-22(10-17(39)3)28(43)40(29(36-25)41-18(4)9-16(2)37-41)21-12-24-26(34-13-21)38(5)15-35-24/h1,7-9,11-13,15,17H,10,14H2,2-5H3. The van der Waals surface area contributed by atoms with Gasteiger partial charge in [-0.3, -0.25) is 9.59 Å². The lowest BCUT2D eigenvalue weighted by Crippen LogP contribution is -2.46. The molecular formula is C30H25F3N8O2. The molecule has 1 amide bonds. The number of aromatic nitrogens is 7. The molecule has 13 heteroatoms. The Morgan fingerprint density at radius 3 is 2.58 bits per heavy atom. The number of nitrogens with zero attached hydrogens (tertiary/aromatic N) is 8. The number of aryl methyl sites for hydroxylation is 3. The molecule has 0 radical (unpaired) electrons. The number of hydrogen-bond acceptors (Lipinski definition) is 6. The van der Waals surface area contributed by atoms with Crippen molar-refractivity contribution >= 4 is 17.1 Å². The average Bonchev–Trinajstić information content (AvgIpc) is 3.51. The summed E-state index contributed by atoms with van der Waals surface area (Å²) in [6.07, 6.45) is 3.86. The Morgan fingerprint density at radius 2 is 1.91 bits per heavy atom. The molecular weight excluding hydrogens is 561 g/mol. The molecule has 0 spiro atoms. The minimum atomic E-state index is -4.73. The number of carbonyl (C=O) groups excluding carboxylic acids is 1. The minimum absolute atomic E-state index is 0.0898. The number of carbonyl (C=O) groups is 1. The largest absolute Gasteiger partial charge is 0.417 e. The predicted octanol–water partition coefficient (Wildman–Crippen LogP) is 3.90. The quantitative estimate of drug-likeness (QED) is 0.297. The van der Waals surface area contributed by atoms with Crippen molar-refractivity contribution in [3.05, 3.63) is 92.5 Å². The van der Waals surface area contributed by atoms with E-state index in [2.05, 4.69) is 15.1 Å². The van der Waals surface area contributed by atoms with Crippen LogP contribution in [0.15, 0.2) is 47.7 Å². The van der Waals surface area contributed by atoms with E-state index in [0.29, 0.717) is 33.8 Å². The molecule has 0 aliphatic carbocycles. The van der Waals surface area contributed by atoms with Gasteiger partial charge in [0.2, 0.25) is 5.95 Å². The van der Waals surface area contributed by atoms with Crippen LogP contribution >= 0.6 is 0 Å². The molecule has 1 unspecified atom stereocenters. The number of pyridine rings is 1. The van der Waals surface area contributed by atoms with Gasteiger partial charge in [-0.2, -0.15) is 18.3 Å². The topological polar surface area (TPSA) is 104 Å². The molecule has 1 aliphatic rings. The molecule has 0 N–H and O–H groups in total. The monoisotopic (exact) mass is 586 g/mol. The number of rotatable bonds is 3. The first kappa shape index (κ1) is 27.9. The number of fused-ring (bicyclic) bond motifs is 2. The third kappa shape index (κ3) is 4.64. The molecule has 10 nitrogen and oxygen atoms in total. The van der Waals surface area contributed by atoms with Gasteiger partial charge in [-0.1, -0.05) is 5.92 Å². The van der Waals surface area contributed by atoms with Crippen LogP contribution in [-0.4, -0.2) is 50.7 Å². The van der Waals surface area contributed by atoms with E-state index in [1.165, 1.54) is 20.2 Å². The molecule has 6 rings (SSSR count). The second-order valence-corrected chi connectivity index (χ2v) is 10.6. The van der Waals surface area contributed by atoms with Crippen LogP contribution < -0.4 is 5.56 Å². The van der Waals surface area contributed by atoms with E-state index in [0.717, 1.165) is 17.8 Å². The van der Waals surface area contributed by atoms with Crippen LogP contribution in [0.25, 0.3) is 22.8 Å². The molecule has 0 bridgehead atoms. The van der Waals surface area contributed by atoms with Crippen molar-refractivity contribution in [2.45, 2.75) is 46.0 Å². The van der Waals surface area contributed by atoms with E-state index < -0.39 is 23.7 Å². The third-order valence-corrected chi connectivity index (χ3v) is 7.58. The number of amides is 1. The number of alkyl halides is 3. The van der Waals surface area contributed by atoms with Crippen molar-refractivity contribution in [2.24, 2.45) is 7.05 Å². The second-order valence-electron chi connectivity index (χ2n) is 10.6. The maximum Gasteiger partial charge on any atom is 0.417 e. The van der Waals surface area contributed by atoms with Crippen LogP contribution in [0.3, 0.4) is 0 Å². The Bertz CT molecular complexity index is 2050. The fraction of sp³-hybridized carbons (Fsp3) is 0.267. The Morgan fingerprint density at radius 1 is 1.14 bits per heavy atom. The summed E-state index contributed by atoms with van der Waals surface area (Å²) < 4.78 is 45.7. The van der Waals surface area contributed by atoms with E-state index in [4.69, 9.17) is 11.4 Å². The normalized spacial score (nSPS) is 15.0. The third-order valence-electron chi connectivity index (χ3n) is 7.58. The highest BCUT2D eigenvalue weighted by molar-refractivity contribution is 5.95. The molecule has 5 heterocycles. The SMILES string of the molecule is C#Cc1ccc(C(=O)N2Cc3nc(-n4nc(C)cc4C)n(-c4cnc5c(c4)ncn5C)c(=O)c3CC2C)cc1C(F)(F)F. The number of imidazole rings is 1. The molecule has 0 fully saturated rings. The van der Waals surface area contributed by atoms with Crippen LogP contribution in [0.5, 0.6) is 0 Å². The summed E-state index contributed by atoms with van der Waals surface area (Å²) in [5.74, 6) is 1.58. The Kier molecular flexibility index (Phi) is 6.45. The summed E-state index contributed by atoms with van der Waals surface area (Å²) in [4.78, 5) is 42.8. The van der Waals surface area contributed by atoms with E-state index >= 15 is 0 Å². The van der Waals surface area contributed by atoms with Gasteiger partial charge in [0.05, 0.1) is 41.7 Å². The van der Waals surface area contributed by atoms with E-state index in [9.17, 15) is 22.8 Å². The fourth-order valence-electron chi connectivity index (χ4n) is 5.46. The Balaban J connectivity index is 1.48. The van der Waals surface area contributed by atoms with Crippen LogP contribution in [-0.2, 0) is 26.2 Å². The molecule has 5 aromatic rings. The second kappa shape index (κ2) is 9.94. The first-order chi connectivity index (χ1) is 20.4. The van der Waals surface area contributed by atoms with Crippen molar-refractivity contribution in [3.8, 4) is 24.0 Å². The summed E-state index contributed by atoms with van der Waals surface area (Å²) in [5.41, 5.74) is 1.88. The van der Waals surface area contributed by atoms with Gasteiger partial charge in [-0.25, -0.2) is 24.2 Å². The van der Waals surface area contributed by atoms with Crippen LogP contribution in [0.2, 0.25) is 0 Å². The van der Waals surface area contributed by atoms with E-state index in [-0.39, 0.29) is 35.6 Å². The molecule has 4 aromatic heterocycles. The number of halogens is 3. The molecule has 43 heavy (non-hydrogen) atoms. The Labute approximate surface area is 243 Å². The Hall–Kier alpha value is -5.25. The smallest absolute Gasteiger partial charge is 0.330 e. The zero-order valence-corrected chi connectivity index (χ0v) is 23.6. The van der Waals surface area contributed by atoms with Gasteiger partial charge in [-0.15, -0.1) is 6.42 Å². The molecule has 0 saturated heterocycles. The van der Waals surface area contributed by atoms with E-state index in [1.54, 1.807) is 30.1 Å². The highest BCUT2D eigenvalue weighted by Crippen LogP contribution is 2.33. The molecule has 1 aromatic carbocycles. The summed E-state index contributed by atoms with van der Waals surface area (Å²) in [6, 6.07) is 6.23. The van der Waals surface area contributed by atoms with Crippen molar-refractivity contribution in [3.63, 3.8) is 0 Å². The maximum atomic E-state index is 14.2. The van der Waals surface area contributed by atoms with Crippen LogP contribution in [0, 0.1) is 26.2 Å². The lowest BCUT2D eigenvalue weighted by atomic mass is 9.97. The van der Waals surface area contributed by atoms with Crippen LogP contribution in [0.4, 0.5) is 13.2 Å². The van der Waals surface area contributed by atoms with Crippen molar-refractivity contribution in [1.82, 2.24) is 38.8 Å². The summed E-state index contributed by atoms with van der Waals surface area (Å²) in [6.45, 7) is 5.29. The molecule has 218 valence electrons. The van der Waals surface area contributed by atoms with Gasteiger partial charge in [0.15, 0.2) is 5.65 Å². The highest BCUT2D eigenvalue weighted by Gasteiger charge is 2.36. The van der Waals surface area contributed by atoms with Gasteiger partial charge in [0, 0.05) is 35.5 Å². The lowest BCUT2D eigenvalue weighted by Gasteiger charge is -2.34. The number of benzene rings is 1. The fourth-order valence-corrected chi connectivity index (χ4v) is 5.46. The van der Waals surface area contributed by atoms with Crippen molar-refractivity contribution < 1.29 is 18.0 Å². The number of terminal acetylenes is 1. The maximum absolute atomic E-state index is 14.2. The van der Waals surface area contributed by atoms with Gasteiger partial charge in [-0.05, 0) is 57.5 Å². The molecule has 1 aliphatic heterocycles. The zero-order chi connectivity index (χ0) is 30.8. The molecule has 1 atom stereocenters. The first-order valence-electron chi connectivity index (χ1n) is 13.3. The number of hydrogen-bond donors (Lipinski definition) is 0. The molecule has 0 saturated carbocycles. The summed E-state index contributed by atoms with van der Waals surface area (Å²) in [5, 5.41) is 4.54. The average molecular weight is 587 g/mol. The van der Waals surface area contributed by atoms with Crippen molar-refractivity contribution in [1.29, 1.82) is 0 Å². The zero-order valence-electron chi connectivity index (χ0n) is 23.6. The van der Waals surface area contributed by atoms with Gasteiger partial charge in [0.25, 0.3) is 11.5 Å². The summed E-state index contributed by atoms with van der Waals surface area (Å²) >= 11 is 0. The highest BCUT2D eigenvalue weighted by atomic mass is 19.4.